The maximum absolute atomic E-state index is 12.9. The summed E-state index contributed by atoms with van der Waals surface area (Å²) >= 11 is 0. The summed E-state index contributed by atoms with van der Waals surface area (Å²) in [6.45, 7) is 5.62. The molecule has 3 aliphatic rings. The van der Waals surface area contributed by atoms with Crippen molar-refractivity contribution in [3.8, 4) is 0 Å². The largest absolute Gasteiger partial charge is 0.355 e. The number of amidine groups is 1. The van der Waals surface area contributed by atoms with Gasteiger partial charge in [-0.25, -0.2) is 0 Å². The van der Waals surface area contributed by atoms with Crippen LogP contribution in [0.3, 0.4) is 0 Å². The number of likely N-dealkylation sites (tertiary alicyclic amines) is 2. The summed E-state index contributed by atoms with van der Waals surface area (Å²) in [5, 5.41) is 3.07. The van der Waals surface area contributed by atoms with Crippen molar-refractivity contribution >= 4 is 27.5 Å². The first-order valence-corrected chi connectivity index (χ1v) is 13.7. The van der Waals surface area contributed by atoms with E-state index in [1.165, 1.54) is 24.8 Å². The van der Waals surface area contributed by atoms with Crippen molar-refractivity contribution in [3.05, 3.63) is 59.7 Å². The first-order chi connectivity index (χ1) is 16.4. The number of sulfonamides is 1. The highest BCUT2D eigenvalue weighted by Crippen LogP contribution is 2.30. The standard InChI is InChI=1S/C26H32N4O3S/c1-19-6-4-5-15-30(19)18-20-9-11-22(12-10-20)27-26(31)21-13-16-29(17-14-21)25-23-7-2-3-8-24(23)34(32,33)28-25/h2-3,7-12,19,21H,4-6,13-18H2,1H3,(H,27,31). The van der Waals surface area contributed by atoms with Crippen LogP contribution in [-0.2, 0) is 21.4 Å². The molecule has 3 aliphatic heterocycles. The molecule has 0 bridgehead atoms. The van der Waals surface area contributed by atoms with Gasteiger partial charge in [0.25, 0.3) is 10.0 Å². The lowest BCUT2D eigenvalue weighted by molar-refractivity contribution is -0.120. The molecule has 0 radical (unpaired) electrons. The van der Waals surface area contributed by atoms with Gasteiger partial charge in [0, 0.05) is 42.8 Å². The van der Waals surface area contributed by atoms with E-state index in [1.807, 2.05) is 23.1 Å². The van der Waals surface area contributed by atoms with Crippen molar-refractivity contribution in [2.45, 2.75) is 56.5 Å². The van der Waals surface area contributed by atoms with Crippen LogP contribution < -0.4 is 5.32 Å². The van der Waals surface area contributed by atoms with Gasteiger partial charge in [-0.05, 0) is 69.0 Å². The van der Waals surface area contributed by atoms with E-state index in [2.05, 4.69) is 33.7 Å². The fraction of sp³-hybridized carbons (Fsp3) is 0.462. The molecule has 1 amide bonds. The molecule has 1 N–H and O–H groups in total. The molecule has 0 spiro atoms. The van der Waals surface area contributed by atoms with Crippen LogP contribution in [0.2, 0.25) is 0 Å². The van der Waals surface area contributed by atoms with Crippen LogP contribution in [-0.4, -0.2) is 55.6 Å². The van der Waals surface area contributed by atoms with Crippen LogP contribution in [0.15, 0.2) is 57.8 Å². The van der Waals surface area contributed by atoms with E-state index >= 15 is 0 Å². The van der Waals surface area contributed by atoms with Gasteiger partial charge >= 0.3 is 0 Å². The van der Waals surface area contributed by atoms with Crippen molar-refractivity contribution in [1.29, 1.82) is 0 Å². The van der Waals surface area contributed by atoms with Crippen molar-refractivity contribution in [2.24, 2.45) is 10.3 Å². The Hall–Kier alpha value is -2.71. The van der Waals surface area contributed by atoms with Gasteiger partial charge in [-0.2, -0.15) is 8.42 Å². The number of benzene rings is 2. The first-order valence-electron chi connectivity index (χ1n) is 12.2. The number of nitrogens with one attached hydrogen (secondary N) is 1. The third-order valence-corrected chi connectivity index (χ3v) is 8.65. The molecule has 2 fully saturated rings. The molecule has 0 aliphatic carbocycles. The van der Waals surface area contributed by atoms with Gasteiger partial charge in [0.15, 0.2) is 5.84 Å². The van der Waals surface area contributed by atoms with Crippen molar-refractivity contribution in [1.82, 2.24) is 9.80 Å². The van der Waals surface area contributed by atoms with Gasteiger partial charge in [-0.1, -0.05) is 30.7 Å². The highest BCUT2D eigenvalue weighted by atomic mass is 32.2. The molecule has 8 heteroatoms. The minimum absolute atomic E-state index is 0.0263. The summed E-state index contributed by atoms with van der Waals surface area (Å²) in [5.74, 6) is 0.436. The summed E-state index contributed by atoms with van der Waals surface area (Å²) < 4.78 is 28.7. The highest BCUT2D eigenvalue weighted by molar-refractivity contribution is 7.90. The Morgan fingerprint density at radius 1 is 1.00 bits per heavy atom. The molecule has 2 aromatic rings. The Balaban J connectivity index is 1.15. The van der Waals surface area contributed by atoms with Crippen LogP contribution in [0, 0.1) is 5.92 Å². The van der Waals surface area contributed by atoms with Crippen LogP contribution in [0.25, 0.3) is 0 Å². The molecule has 5 rings (SSSR count). The van der Waals surface area contributed by atoms with E-state index in [0.29, 0.717) is 43.4 Å². The summed E-state index contributed by atoms with van der Waals surface area (Å²) in [5.41, 5.74) is 2.75. The zero-order valence-electron chi connectivity index (χ0n) is 19.6. The van der Waals surface area contributed by atoms with Gasteiger partial charge in [-0.15, -0.1) is 4.40 Å². The fourth-order valence-electron chi connectivity index (χ4n) is 5.23. The normalized spacial score (nSPS) is 22.8. The zero-order valence-corrected chi connectivity index (χ0v) is 20.4. The maximum Gasteiger partial charge on any atom is 0.285 e. The lowest BCUT2D eigenvalue weighted by atomic mass is 9.95. The summed E-state index contributed by atoms with van der Waals surface area (Å²) in [6.07, 6.45) is 5.19. The predicted molar refractivity (Wildman–Crippen MR) is 133 cm³/mol. The molecule has 34 heavy (non-hydrogen) atoms. The molecular weight excluding hydrogens is 448 g/mol. The number of piperidine rings is 2. The molecule has 2 saturated heterocycles. The molecule has 180 valence electrons. The lowest BCUT2D eigenvalue weighted by Crippen LogP contribution is -2.41. The average molecular weight is 481 g/mol. The van der Waals surface area contributed by atoms with E-state index in [1.54, 1.807) is 18.2 Å². The number of rotatable bonds is 4. The quantitative estimate of drug-likeness (QED) is 0.719. The first kappa shape index (κ1) is 23.1. The number of anilines is 1. The Morgan fingerprint density at radius 3 is 2.47 bits per heavy atom. The van der Waals surface area contributed by atoms with E-state index in [4.69, 9.17) is 0 Å². The molecular formula is C26H32N4O3S. The fourth-order valence-corrected chi connectivity index (χ4v) is 6.46. The topological polar surface area (TPSA) is 82.1 Å². The molecule has 1 unspecified atom stereocenters. The molecule has 2 aromatic carbocycles. The number of carbonyl (C=O) groups is 1. The highest BCUT2D eigenvalue weighted by Gasteiger charge is 2.34. The predicted octanol–water partition coefficient (Wildman–Crippen LogP) is 3.86. The monoisotopic (exact) mass is 480 g/mol. The van der Waals surface area contributed by atoms with E-state index < -0.39 is 10.0 Å². The number of carbonyl (C=O) groups excluding carboxylic acids is 1. The maximum atomic E-state index is 12.9. The molecule has 1 atom stereocenters. The minimum Gasteiger partial charge on any atom is -0.355 e. The second-order valence-electron chi connectivity index (χ2n) is 9.65. The molecule has 0 aromatic heterocycles. The van der Waals surface area contributed by atoms with E-state index in [0.717, 1.165) is 18.8 Å². The lowest BCUT2D eigenvalue weighted by Gasteiger charge is -2.33. The van der Waals surface area contributed by atoms with Crippen LogP contribution in [0.5, 0.6) is 0 Å². The number of amides is 1. The van der Waals surface area contributed by atoms with Crippen LogP contribution >= 0.6 is 0 Å². The number of hydrogen-bond acceptors (Lipinski definition) is 5. The second-order valence-corrected chi connectivity index (χ2v) is 11.2. The second kappa shape index (κ2) is 9.50. The smallest absolute Gasteiger partial charge is 0.285 e. The van der Waals surface area contributed by atoms with Crippen LogP contribution in [0.1, 0.15) is 50.2 Å². The van der Waals surface area contributed by atoms with Crippen molar-refractivity contribution in [2.75, 3.05) is 25.0 Å². The van der Waals surface area contributed by atoms with Gasteiger partial charge in [0.05, 0.1) is 0 Å². The van der Waals surface area contributed by atoms with Gasteiger partial charge in [-0.3, -0.25) is 9.69 Å². The third-order valence-electron chi connectivity index (χ3n) is 7.33. The third kappa shape index (κ3) is 4.74. The number of fused-ring (bicyclic) bond motifs is 1. The molecule has 3 heterocycles. The van der Waals surface area contributed by atoms with Gasteiger partial charge in [0.1, 0.15) is 4.90 Å². The van der Waals surface area contributed by atoms with Gasteiger partial charge in [0.2, 0.25) is 5.91 Å². The van der Waals surface area contributed by atoms with Crippen molar-refractivity contribution < 1.29 is 13.2 Å². The minimum atomic E-state index is -3.63. The van der Waals surface area contributed by atoms with E-state index in [9.17, 15) is 13.2 Å². The van der Waals surface area contributed by atoms with Crippen molar-refractivity contribution in [3.63, 3.8) is 0 Å². The Labute approximate surface area is 201 Å². The Kier molecular flexibility index (Phi) is 6.44. The molecule has 7 nitrogen and oxygen atoms in total. The Bertz CT molecular complexity index is 1180. The average Bonchev–Trinajstić information content (AvgIpc) is 3.13. The summed E-state index contributed by atoms with van der Waals surface area (Å²) in [4.78, 5) is 17.7. The molecule has 0 saturated carbocycles. The summed E-state index contributed by atoms with van der Waals surface area (Å²) in [7, 11) is -3.63. The Morgan fingerprint density at radius 2 is 1.74 bits per heavy atom. The number of hydrogen-bond donors (Lipinski definition) is 1. The summed E-state index contributed by atoms with van der Waals surface area (Å²) in [6, 6.07) is 15.8. The van der Waals surface area contributed by atoms with Gasteiger partial charge < -0.3 is 10.2 Å². The van der Waals surface area contributed by atoms with Crippen LogP contribution in [0.4, 0.5) is 5.69 Å². The number of nitrogens with zero attached hydrogens (tertiary/aromatic N) is 3. The zero-order chi connectivity index (χ0) is 23.7. The van der Waals surface area contributed by atoms with E-state index in [-0.39, 0.29) is 16.7 Å². The SMILES string of the molecule is CC1CCCCN1Cc1ccc(NC(=O)C2CCN(C3=NS(=O)(=O)c4ccccc43)CC2)cc1.